The third-order valence-corrected chi connectivity index (χ3v) is 5.92. The molecule has 3 aromatic carbocycles. The highest BCUT2D eigenvalue weighted by atomic mass is 16.4. The van der Waals surface area contributed by atoms with Gasteiger partial charge in [0.1, 0.15) is 6.04 Å². The summed E-state index contributed by atoms with van der Waals surface area (Å²) < 4.78 is 0. The summed E-state index contributed by atoms with van der Waals surface area (Å²) in [5.74, 6) is -0.815. The van der Waals surface area contributed by atoms with Gasteiger partial charge < -0.3 is 10.0 Å². The number of nitrogens with zero attached hydrogens (tertiary/aromatic N) is 2. The summed E-state index contributed by atoms with van der Waals surface area (Å²) >= 11 is 0. The predicted molar refractivity (Wildman–Crippen MR) is 132 cm³/mol. The van der Waals surface area contributed by atoms with E-state index in [1.807, 2.05) is 37.3 Å². The molecule has 168 valence electrons. The van der Waals surface area contributed by atoms with E-state index in [4.69, 9.17) is 4.99 Å². The summed E-state index contributed by atoms with van der Waals surface area (Å²) in [6.45, 7) is 6.39. The van der Waals surface area contributed by atoms with Gasteiger partial charge in [0.25, 0.3) is 5.91 Å². The number of carbonyl (C=O) groups is 2. The minimum atomic E-state index is -1.02. The predicted octanol–water partition coefficient (Wildman–Crippen LogP) is 5.82. The Morgan fingerprint density at radius 2 is 1.67 bits per heavy atom. The lowest BCUT2D eigenvalue weighted by molar-refractivity contribution is -0.120. The second kappa shape index (κ2) is 9.41. The van der Waals surface area contributed by atoms with Crippen molar-refractivity contribution in [2.45, 2.75) is 39.8 Å². The summed E-state index contributed by atoms with van der Waals surface area (Å²) in [7, 11) is 0. The minimum absolute atomic E-state index is 0.100. The quantitative estimate of drug-likeness (QED) is 0.525. The maximum Gasteiger partial charge on any atom is 0.335 e. The number of fused-ring (bicyclic) bond motifs is 1. The highest BCUT2D eigenvalue weighted by molar-refractivity contribution is 6.12. The van der Waals surface area contributed by atoms with Crippen molar-refractivity contribution < 1.29 is 14.7 Å². The number of hydrogen-bond acceptors (Lipinski definition) is 3. The van der Waals surface area contributed by atoms with Crippen LogP contribution in [0.4, 0.5) is 5.69 Å². The third kappa shape index (κ3) is 4.87. The molecule has 3 aromatic rings. The number of aromatic carboxylic acids is 1. The fourth-order valence-corrected chi connectivity index (χ4v) is 4.23. The average Bonchev–Trinajstić information content (AvgIpc) is 2.90. The van der Waals surface area contributed by atoms with Gasteiger partial charge in [-0.2, -0.15) is 0 Å². The molecule has 1 aliphatic rings. The summed E-state index contributed by atoms with van der Waals surface area (Å²) in [5.41, 5.74) is 5.50. The lowest BCUT2D eigenvalue weighted by Gasteiger charge is -2.26. The topological polar surface area (TPSA) is 70.0 Å². The molecule has 0 aromatic heterocycles. The molecular formula is C28H28N2O3. The van der Waals surface area contributed by atoms with Crippen LogP contribution >= 0.6 is 0 Å². The molecule has 0 radical (unpaired) electrons. The van der Waals surface area contributed by atoms with E-state index >= 15 is 0 Å². The van der Waals surface area contributed by atoms with E-state index in [1.54, 1.807) is 23.1 Å². The Kier molecular flexibility index (Phi) is 6.40. The van der Waals surface area contributed by atoms with Crippen molar-refractivity contribution in [2.24, 2.45) is 10.9 Å². The zero-order valence-corrected chi connectivity index (χ0v) is 19.2. The van der Waals surface area contributed by atoms with Crippen LogP contribution in [-0.2, 0) is 11.3 Å². The van der Waals surface area contributed by atoms with Crippen LogP contribution in [0, 0.1) is 5.92 Å². The number of carboxylic acid groups (broad SMARTS) is 1. The second-order valence-corrected chi connectivity index (χ2v) is 8.88. The third-order valence-electron chi connectivity index (χ3n) is 5.92. The van der Waals surface area contributed by atoms with Crippen molar-refractivity contribution in [3.05, 3.63) is 89.5 Å². The first-order valence-corrected chi connectivity index (χ1v) is 11.2. The van der Waals surface area contributed by atoms with Gasteiger partial charge in [-0.25, -0.2) is 4.79 Å². The summed E-state index contributed by atoms with van der Waals surface area (Å²) in [4.78, 5) is 31.7. The molecular weight excluding hydrogens is 412 g/mol. The molecule has 33 heavy (non-hydrogen) atoms. The number of benzodiazepines with no additional fused rings is 1. The van der Waals surface area contributed by atoms with Crippen LogP contribution in [0.1, 0.15) is 48.7 Å². The molecule has 0 unspecified atom stereocenters. The number of carbonyl (C=O) groups excluding carboxylic acids is 1. The molecule has 1 aliphatic heterocycles. The smallest absolute Gasteiger partial charge is 0.335 e. The number of hydrogen-bond donors (Lipinski definition) is 1. The molecule has 0 saturated carbocycles. The van der Waals surface area contributed by atoms with Crippen LogP contribution in [0.5, 0.6) is 0 Å². The normalized spacial score (nSPS) is 15.8. The Labute approximate surface area is 194 Å². The number of benzene rings is 3. The summed E-state index contributed by atoms with van der Waals surface area (Å²) in [6, 6.07) is 22.7. The molecule has 1 atom stereocenters. The van der Waals surface area contributed by atoms with Crippen molar-refractivity contribution in [1.29, 1.82) is 0 Å². The van der Waals surface area contributed by atoms with Gasteiger partial charge in [0.05, 0.1) is 17.8 Å². The van der Waals surface area contributed by atoms with E-state index in [-0.39, 0.29) is 11.5 Å². The number of anilines is 1. The van der Waals surface area contributed by atoms with E-state index in [2.05, 4.69) is 38.1 Å². The fraction of sp³-hybridized carbons (Fsp3) is 0.250. The second-order valence-electron chi connectivity index (χ2n) is 8.88. The summed E-state index contributed by atoms with van der Waals surface area (Å²) in [6.07, 6.45) is 0.638. The van der Waals surface area contributed by atoms with Crippen molar-refractivity contribution in [2.75, 3.05) is 4.90 Å². The van der Waals surface area contributed by atoms with Crippen molar-refractivity contribution in [3.8, 4) is 11.1 Å². The van der Waals surface area contributed by atoms with Gasteiger partial charge in [0.15, 0.2) is 0 Å². The van der Waals surface area contributed by atoms with E-state index in [1.165, 1.54) is 0 Å². The molecule has 0 spiro atoms. The SMILES string of the molecule is CC1=N[C@H](CC(C)C)C(=O)N(Cc2ccc(-c3ccccc3)cc2)c2cc(C(=O)O)ccc21. The highest BCUT2D eigenvalue weighted by Crippen LogP contribution is 2.31. The number of rotatable bonds is 6. The van der Waals surface area contributed by atoms with Crippen LogP contribution in [0.2, 0.25) is 0 Å². The fourth-order valence-electron chi connectivity index (χ4n) is 4.23. The molecule has 4 rings (SSSR count). The maximum atomic E-state index is 13.6. The van der Waals surface area contributed by atoms with Gasteiger partial charge in [-0.05, 0) is 48.1 Å². The Morgan fingerprint density at radius 1 is 1.00 bits per heavy atom. The number of aliphatic imine (C=N–C) groups is 1. The Balaban J connectivity index is 1.73. The van der Waals surface area contributed by atoms with E-state index in [0.717, 1.165) is 28.0 Å². The maximum absolute atomic E-state index is 13.6. The molecule has 0 saturated heterocycles. The minimum Gasteiger partial charge on any atom is -0.478 e. The summed E-state index contributed by atoms with van der Waals surface area (Å²) in [5, 5.41) is 9.54. The molecule has 0 bridgehead atoms. The van der Waals surface area contributed by atoms with Crippen LogP contribution in [-0.4, -0.2) is 28.7 Å². The van der Waals surface area contributed by atoms with Gasteiger partial charge in [-0.3, -0.25) is 9.79 Å². The monoisotopic (exact) mass is 440 g/mol. The van der Waals surface area contributed by atoms with Gasteiger partial charge in [-0.1, -0.05) is 74.5 Å². The molecule has 1 amide bonds. The largest absolute Gasteiger partial charge is 0.478 e. The van der Waals surface area contributed by atoms with Crippen LogP contribution in [0.25, 0.3) is 11.1 Å². The van der Waals surface area contributed by atoms with Crippen LogP contribution in [0.15, 0.2) is 77.8 Å². The molecule has 5 nitrogen and oxygen atoms in total. The molecule has 1 heterocycles. The molecule has 1 N–H and O–H groups in total. The standard InChI is InChI=1S/C28H28N2O3/c1-18(2)15-25-27(31)30(26-16-23(28(32)33)13-14-24(26)19(3)29-25)17-20-9-11-22(12-10-20)21-7-5-4-6-8-21/h4-14,16,18,25H,15,17H2,1-3H3,(H,32,33)/t25-/m1/s1. The Morgan fingerprint density at radius 3 is 2.30 bits per heavy atom. The highest BCUT2D eigenvalue weighted by Gasteiger charge is 2.31. The molecule has 5 heteroatoms. The van der Waals surface area contributed by atoms with Crippen LogP contribution < -0.4 is 4.90 Å². The first kappa shape index (κ1) is 22.5. The average molecular weight is 441 g/mol. The van der Waals surface area contributed by atoms with E-state index in [0.29, 0.717) is 24.6 Å². The van der Waals surface area contributed by atoms with Gasteiger partial charge >= 0.3 is 5.97 Å². The Hall–Kier alpha value is -3.73. The molecule has 0 aliphatic carbocycles. The lowest BCUT2D eigenvalue weighted by Crippen LogP contribution is -2.38. The number of amides is 1. The zero-order valence-electron chi connectivity index (χ0n) is 19.2. The van der Waals surface area contributed by atoms with Crippen molar-refractivity contribution in [3.63, 3.8) is 0 Å². The first-order chi connectivity index (χ1) is 15.8. The Bertz CT molecular complexity index is 1200. The zero-order chi connectivity index (χ0) is 23.5. The molecule has 0 fully saturated rings. The van der Waals surface area contributed by atoms with Gasteiger partial charge in [0.2, 0.25) is 0 Å². The van der Waals surface area contributed by atoms with Gasteiger partial charge in [-0.15, -0.1) is 0 Å². The van der Waals surface area contributed by atoms with Crippen molar-refractivity contribution >= 4 is 23.3 Å². The van der Waals surface area contributed by atoms with E-state index < -0.39 is 12.0 Å². The van der Waals surface area contributed by atoms with Crippen molar-refractivity contribution in [1.82, 2.24) is 0 Å². The van der Waals surface area contributed by atoms with Gasteiger partial charge in [0, 0.05) is 11.3 Å². The first-order valence-electron chi connectivity index (χ1n) is 11.2. The number of carboxylic acids is 1. The van der Waals surface area contributed by atoms with Crippen LogP contribution in [0.3, 0.4) is 0 Å². The van der Waals surface area contributed by atoms with E-state index in [9.17, 15) is 14.7 Å². The lowest BCUT2D eigenvalue weighted by atomic mass is 10.0.